The number of aliphatic hydroxyl groups excluding tert-OH is 1. The molecule has 7 heteroatoms. The van der Waals surface area contributed by atoms with Gasteiger partial charge in [0.2, 0.25) is 4.96 Å². The average molecular weight is 240 g/mol. The molecule has 0 aliphatic carbocycles. The molecular weight excluding hydrogens is 228 g/mol. The summed E-state index contributed by atoms with van der Waals surface area (Å²) in [7, 11) is 0. The minimum absolute atomic E-state index is 0.277. The fourth-order valence-corrected chi connectivity index (χ4v) is 2.59. The summed E-state index contributed by atoms with van der Waals surface area (Å²) in [5.74, 6) is 1.12. The van der Waals surface area contributed by atoms with Gasteiger partial charge in [-0.05, 0) is 13.3 Å². The van der Waals surface area contributed by atoms with Crippen LogP contribution in [0.4, 0.5) is 0 Å². The van der Waals surface area contributed by atoms with Crippen molar-refractivity contribution < 1.29 is 9.84 Å². The molecule has 1 fully saturated rings. The predicted molar refractivity (Wildman–Crippen MR) is 57.5 cm³/mol. The Kier molecular flexibility index (Phi) is 2.38. The molecule has 0 bridgehead atoms. The number of nitrogens with zero attached hydrogens (tertiary/aromatic N) is 4. The van der Waals surface area contributed by atoms with Gasteiger partial charge in [0.1, 0.15) is 11.1 Å². The summed E-state index contributed by atoms with van der Waals surface area (Å²) in [5, 5.41) is 22.7. The maximum absolute atomic E-state index is 9.46. The summed E-state index contributed by atoms with van der Waals surface area (Å²) < 4.78 is 7.06. The van der Waals surface area contributed by atoms with Crippen molar-refractivity contribution in [3.05, 3.63) is 10.8 Å². The third-order valence-corrected chi connectivity index (χ3v) is 3.75. The second kappa shape index (κ2) is 3.76. The maximum Gasteiger partial charge on any atom is 0.234 e. The van der Waals surface area contributed by atoms with Crippen LogP contribution >= 0.6 is 11.3 Å². The Bertz CT molecular complexity index is 501. The van der Waals surface area contributed by atoms with Crippen molar-refractivity contribution in [3.63, 3.8) is 0 Å². The molecule has 0 spiro atoms. The first-order valence-electron chi connectivity index (χ1n) is 5.23. The van der Waals surface area contributed by atoms with Crippen molar-refractivity contribution in [3.8, 4) is 0 Å². The summed E-state index contributed by atoms with van der Waals surface area (Å²) in [5.41, 5.74) is 0. The van der Waals surface area contributed by atoms with E-state index < -0.39 is 6.10 Å². The van der Waals surface area contributed by atoms with E-state index >= 15 is 0 Å². The van der Waals surface area contributed by atoms with Crippen LogP contribution in [0.25, 0.3) is 4.96 Å². The zero-order chi connectivity index (χ0) is 11.1. The van der Waals surface area contributed by atoms with E-state index in [1.165, 1.54) is 11.3 Å². The minimum Gasteiger partial charge on any atom is -0.386 e. The monoisotopic (exact) mass is 240 g/mol. The lowest BCUT2D eigenvalue weighted by atomic mass is 10.1. The number of rotatable bonds is 2. The zero-order valence-electron chi connectivity index (χ0n) is 8.83. The van der Waals surface area contributed by atoms with E-state index in [4.69, 9.17) is 4.74 Å². The average Bonchev–Trinajstić information content (AvgIpc) is 2.92. The van der Waals surface area contributed by atoms with Gasteiger partial charge in [0.25, 0.3) is 0 Å². The van der Waals surface area contributed by atoms with Crippen LogP contribution < -0.4 is 0 Å². The highest BCUT2D eigenvalue weighted by Gasteiger charge is 2.25. The van der Waals surface area contributed by atoms with Gasteiger partial charge >= 0.3 is 0 Å². The van der Waals surface area contributed by atoms with Gasteiger partial charge in [-0.3, -0.25) is 0 Å². The van der Waals surface area contributed by atoms with Gasteiger partial charge in [0.05, 0.1) is 6.61 Å². The second-order valence-corrected chi connectivity index (χ2v) is 4.92. The third-order valence-electron chi connectivity index (χ3n) is 2.68. The SMILES string of the molecule is CC(O)c1nn2c(C3CCOC3)nnc2s1. The second-order valence-electron chi connectivity index (χ2n) is 3.93. The molecule has 1 aliphatic heterocycles. The van der Waals surface area contributed by atoms with Crippen LogP contribution in [-0.2, 0) is 4.74 Å². The standard InChI is InChI=1S/C9H12N4O2S/c1-5(14)8-12-13-7(6-2-3-15-4-6)10-11-9(13)16-8/h5-6,14H,2-4H2,1H3. The molecule has 1 aliphatic rings. The summed E-state index contributed by atoms with van der Waals surface area (Å²) in [6.07, 6.45) is 0.405. The number of ether oxygens (including phenoxy) is 1. The summed E-state index contributed by atoms with van der Waals surface area (Å²) in [6, 6.07) is 0. The first-order chi connectivity index (χ1) is 7.75. The first-order valence-corrected chi connectivity index (χ1v) is 6.05. The molecule has 0 amide bonds. The topological polar surface area (TPSA) is 72.5 Å². The van der Waals surface area contributed by atoms with Gasteiger partial charge in [-0.1, -0.05) is 11.3 Å². The molecule has 2 unspecified atom stereocenters. The van der Waals surface area contributed by atoms with Crippen molar-refractivity contribution in [2.24, 2.45) is 0 Å². The highest BCUT2D eigenvalue weighted by molar-refractivity contribution is 7.16. The normalized spacial score (nSPS) is 23.0. The Labute approximate surface area is 95.9 Å². The number of aliphatic hydroxyl groups is 1. The Morgan fingerprint density at radius 1 is 1.56 bits per heavy atom. The first kappa shape index (κ1) is 10.1. The van der Waals surface area contributed by atoms with E-state index in [1.54, 1.807) is 11.4 Å². The number of hydrogen-bond acceptors (Lipinski definition) is 6. The number of aromatic nitrogens is 4. The van der Waals surface area contributed by atoms with Gasteiger partial charge in [0.15, 0.2) is 5.82 Å². The molecule has 2 aromatic heterocycles. The summed E-state index contributed by atoms with van der Waals surface area (Å²) in [4.78, 5) is 0.734. The van der Waals surface area contributed by atoms with E-state index in [2.05, 4.69) is 15.3 Å². The van der Waals surface area contributed by atoms with Crippen molar-refractivity contribution in [1.82, 2.24) is 19.8 Å². The van der Waals surface area contributed by atoms with Gasteiger partial charge in [0, 0.05) is 12.5 Å². The van der Waals surface area contributed by atoms with E-state index in [0.717, 1.165) is 23.8 Å². The molecule has 3 rings (SSSR count). The lowest BCUT2D eigenvalue weighted by molar-refractivity contribution is 0.192. The van der Waals surface area contributed by atoms with Crippen LogP contribution in [0.1, 0.15) is 36.2 Å². The fraction of sp³-hybridized carbons (Fsp3) is 0.667. The molecule has 2 atom stereocenters. The highest BCUT2D eigenvalue weighted by atomic mass is 32.1. The Morgan fingerprint density at radius 2 is 2.44 bits per heavy atom. The highest BCUT2D eigenvalue weighted by Crippen LogP contribution is 2.27. The molecule has 86 valence electrons. The summed E-state index contributed by atoms with van der Waals surface area (Å²) in [6.45, 7) is 3.15. The molecule has 0 radical (unpaired) electrons. The van der Waals surface area contributed by atoms with Crippen molar-refractivity contribution in [2.75, 3.05) is 13.2 Å². The van der Waals surface area contributed by atoms with Gasteiger partial charge in [-0.2, -0.15) is 9.61 Å². The van der Waals surface area contributed by atoms with Crippen molar-refractivity contribution in [2.45, 2.75) is 25.4 Å². The van der Waals surface area contributed by atoms with E-state index in [-0.39, 0.29) is 5.92 Å². The Balaban J connectivity index is 2.04. The molecule has 0 aromatic carbocycles. The van der Waals surface area contributed by atoms with E-state index in [1.807, 2.05) is 0 Å². The van der Waals surface area contributed by atoms with E-state index in [0.29, 0.717) is 11.6 Å². The third kappa shape index (κ3) is 1.51. The molecule has 6 nitrogen and oxygen atoms in total. The largest absolute Gasteiger partial charge is 0.386 e. The number of hydrogen-bond donors (Lipinski definition) is 1. The van der Waals surface area contributed by atoms with Crippen molar-refractivity contribution in [1.29, 1.82) is 0 Å². The van der Waals surface area contributed by atoms with Crippen LogP contribution in [0.2, 0.25) is 0 Å². The fourth-order valence-electron chi connectivity index (χ4n) is 1.81. The zero-order valence-corrected chi connectivity index (χ0v) is 9.65. The maximum atomic E-state index is 9.46. The summed E-state index contributed by atoms with van der Waals surface area (Å²) >= 11 is 1.37. The quantitative estimate of drug-likeness (QED) is 0.838. The molecule has 1 N–H and O–H groups in total. The lowest BCUT2D eigenvalue weighted by Crippen LogP contribution is -2.05. The predicted octanol–water partition coefficient (Wildman–Crippen LogP) is 0.743. The lowest BCUT2D eigenvalue weighted by Gasteiger charge is -2.02. The van der Waals surface area contributed by atoms with Crippen LogP contribution in [0, 0.1) is 0 Å². The van der Waals surface area contributed by atoms with E-state index in [9.17, 15) is 5.11 Å². The van der Waals surface area contributed by atoms with Crippen LogP contribution in [-0.4, -0.2) is 38.1 Å². The van der Waals surface area contributed by atoms with Crippen molar-refractivity contribution >= 4 is 16.3 Å². The van der Waals surface area contributed by atoms with Crippen LogP contribution in [0.3, 0.4) is 0 Å². The molecule has 16 heavy (non-hydrogen) atoms. The minimum atomic E-state index is -0.556. The molecule has 0 saturated carbocycles. The van der Waals surface area contributed by atoms with Gasteiger partial charge in [-0.15, -0.1) is 10.2 Å². The van der Waals surface area contributed by atoms with Crippen LogP contribution in [0.5, 0.6) is 0 Å². The Hall–Kier alpha value is -1.05. The molecule has 3 heterocycles. The molecule has 2 aromatic rings. The number of fused-ring (bicyclic) bond motifs is 1. The van der Waals surface area contributed by atoms with Gasteiger partial charge in [-0.25, -0.2) is 0 Å². The molecule has 1 saturated heterocycles. The van der Waals surface area contributed by atoms with Gasteiger partial charge < -0.3 is 9.84 Å². The van der Waals surface area contributed by atoms with Crippen LogP contribution in [0.15, 0.2) is 0 Å². The smallest absolute Gasteiger partial charge is 0.234 e. The molecular formula is C9H12N4O2S. The Morgan fingerprint density at radius 3 is 3.12 bits per heavy atom.